The highest BCUT2D eigenvalue weighted by Gasteiger charge is 2.26. The smallest absolute Gasteiger partial charge is 0.256 e. The second-order valence-electron chi connectivity index (χ2n) is 7.85. The van der Waals surface area contributed by atoms with E-state index in [1.54, 1.807) is 30.0 Å². The summed E-state index contributed by atoms with van der Waals surface area (Å²) in [5.41, 5.74) is 1.21. The first kappa shape index (κ1) is 22.0. The molecule has 1 aliphatic carbocycles. The first-order chi connectivity index (χ1) is 15.6. The predicted molar refractivity (Wildman–Crippen MR) is 119 cm³/mol. The molecule has 2 aliphatic rings. The average molecular weight is 442 g/mol. The third-order valence-electron chi connectivity index (χ3n) is 5.29. The lowest BCUT2D eigenvalue weighted by Gasteiger charge is -2.16. The molecule has 9 heteroatoms. The Morgan fingerprint density at radius 1 is 1.22 bits per heavy atom. The van der Waals surface area contributed by atoms with Crippen molar-refractivity contribution >= 4 is 17.4 Å². The van der Waals surface area contributed by atoms with Crippen molar-refractivity contribution in [2.45, 2.75) is 31.7 Å². The Labute approximate surface area is 186 Å². The Morgan fingerprint density at radius 3 is 2.75 bits per heavy atom. The molecule has 2 fully saturated rings. The second kappa shape index (κ2) is 10.4. The van der Waals surface area contributed by atoms with Gasteiger partial charge in [-0.25, -0.2) is 13.9 Å². The number of ether oxygens (including phenoxy) is 2. The molecule has 0 radical (unpaired) electrons. The van der Waals surface area contributed by atoms with E-state index in [9.17, 15) is 9.18 Å². The zero-order valence-electron chi connectivity index (χ0n) is 18.2. The molecule has 0 atom stereocenters. The minimum absolute atomic E-state index is 0.0615. The summed E-state index contributed by atoms with van der Waals surface area (Å²) in [6, 6.07) is 8.35. The highest BCUT2D eigenvalue weighted by atomic mass is 19.1. The van der Waals surface area contributed by atoms with Gasteiger partial charge in [-0.2, -0.15) is 5.10 Å². The lowest BCUT2D eigenvalue weighted by molar-refractivity contribution is 0.0952. The number of hydrogen-bond acceptors (Lipinski definition) is 6. The molecule has 1 aliphatic heterocycles. The number of anilines is 1. The maximum atomic E-state index is 12.6. The van der Waals surface area contributed by atoms with Crippen molar-refractivity contribution in [3.63, 3.8) is 0 Å². The number of nitrogens with zero attached hydrogens (tertiary/aromatic N) is 4. The fraction of sp³-hybridized carbons (Fsp3) is 0.435. The van der Waals surface area contributed by atoms with Gasteiger partial charge in [-0.3, -0.25) is 4.79 Å². The van der Waals surface area contributed by atoms with Crippen LogP contribution >= 0.6 is 0 Å². The summed E-state index contributed by atoms with van der Waals surface area (Å²) in [6.45, 7) is 3.04. The van der Waals surface area contributed by atoms with E-state index in [1.807, 2.05) is 12.3 Å². The summed E-state index contributed by atoms with van der Waals surface area (Å²) in [4.78, 5) is 19.1. The molecule has 1 amide bonds. The van der Waals surface area contributed by atoms with Gasteiger partial charge in [0.05, 0.1) is 12.8 Å². The first-order valence-electron chi connectivity index (χ1n) is 10.9. The van der Waals surface area contributed by atoms with Gasteiger partial charge in [-0.05, 0) is 43.9 Å². The number of carbonyl (C=O) groups is 1. The normalized spacial score (nSPS) is 15.4. The van der Waals surface area contributed by atoms with Crippen LogP contribution in [-0.4, -0.2) is 60.0 Å². The number of rotatable bonds is 7. The number of methoxy groups -OCH3 is 1. The predicted octanol–water partition coefficient (Wildman–Crippen LogP) is 3.07. The van der Waals surface area contributed by atoms with E-state index in [-0.39, 0.29) is 11.7 Å². The first-order valence-corrected chi connectivity index (χ1v) is 10.9. The van der Waals surface area contributed by atoms with Crippen molar-refractivity contribution in [2.24, 2.45) is 0 Å². The number of halogens is 1. The van der Waals surface area contributed by atoms with Crippen LogP contribution in [0.25, 0.3) is 5.65 Å². The zero-order chi connectivity index (χ0) is 22.3. The van der Waals surface area contributed by atoms with Crippen LogP contribution in [0.2, 0.25) is 0 Å². The van der Waals surface area contributed by atoms with Crippen LogP contribution in [0.3, 0.4) is 0 Å². The quantitative estimate of drug-likeness (QED) is 0.568. The lowest BCUT2D eigenvalue weighted by atomic mass is 10.3. The third kappa shape index (κ3) is 5.73. The van der Waals surface area contributed by atoms with Gasteiger partial charge in [-0.15, -0.1) is 0 Å². The zero-order valence-corrected chi connectivity index (χ0v) is 18.2. The fourth-order valence-electron chi connectivity index (χ4n) is 3.43. The van der Waals surface area contributed by atoms with E-state index < -0.39 is 0 Å². The minimum atomic E-state index is -0.287. The van der Waals surface area contributed by atoms with Gasteiger partial charge >= 0.3 is 0 Å². The molecule has 5 rings (SSSR count). The Hall–Kier alpha value is -3.20. The van der Waals surface area contributed by atoms with Crippen LogP contribution in [0.15, 0.2) is 42.7 Å². The fourth-order valence-corrected chi connectivity index (χ4v) is 3.43. The van der Waals surface area contributed by atoms with Crippen molar-refractivity contribution in [1.29, 1.82) is 0 Å². The van der Waals surface area contributed by atoms with Crippen LogP contribution in [0.5, 0.6) is 5.75 Å². The monoisotopic (exact) mass is 441 g/mol. The van der Waals surface area contributed by atoms with E-state index in [1.165, 1.54) is 25.0 Å². The topological polar surface area (TPSA) is 81.0 Å². The van der Waals surface area contributed by atoms with Crippen molar-refractivity contribution in [2.75, 3.05) is 38.3 Å². The van der Waals surface area contributed by atoms with Gasteiger partial charge in [0.2, 0.25) is 0 Å². The average Bonchev–Trinajstić information content (AvgIpc) is 3.27. The van der Waals surface area contributed by atoms with Crippen molar-refractivity contribution in [3.8, 4) is 5.75 Å². The number of carbonyl (C=O) groups excluding carboxylic acids is 1. The number of nitrogens with one attached hydrogen (secondary N) is 1. The maximum absolute atomic E-state index is 12.6. The highest BCUT2D eigenvalue weighted by molar-refractivity contribution is 6.00. The van der Waals surface area contributed by atoms with Gasteiger partial charge in [-0.1, -0.05) is 6.07 Å². The summed E-state index contributed by atoms with van der Waals surface area (Å²) in [7, 11) is 1.59. The van der Waals surface area contributed by atoms with Gasteiger partial charge < -0.3 is 19.7 Å². The molecule has 3 aromatic rings. The van der Waals surface area contributed by atoms with E-state index >= 15 is 0 Å². The molecule has 0 spiro atoms. The van der Waals surface area contributed by atoms with Crippen LogP contribution in [-0.2, 0) is 4.74 Å². The minimum Gasteiger partial charge on any atom is -0.491 e. The molecule has 1 N–H and O–H groups in total. The Bertz CT molecular complexity index is 1050. The lowest BCUT2D eigenvalue weighted by Crippen LogP contribution is -2.25. The highest BCUT2D eigenvalue weighted by Crippen LogP contribution is 2.22. The number of aromatic nitrogens is 3. The van der Waals surface area contributed by atoms with Crippen molar-refractivity contribution < 1.29 is 18.7 Å². The molecule has 0 unspecified atom stereocenters. The largest absolute Gasteiger partial charge is 0.491 e. The molecule has 8 nitrogen and oxygen atoms in total. The number of fused-ring (bicyclic) bond motifs is 1. The summed E-state index contributed by atoms with van der Waals surface area (Å²) < 4.78 is 24.2. The van der Waals surface area contributed by atoms with E-state index in [4.69, 9.17) is 9.47 Å². The van der Waals surface area contributed by atoms with Crippen molar-refractivity contribution in [1.82, 2.24) is 19.9 Å². The Kier molecular flexibility index (Phi) is 7.16. The molecular formula is C23H28FN5O3. The molecule has 170 valence electrons. The van der Waals surface area contributed by atoms with Crippen LogP contribution in [0.4, 0.5) is 10.2 Å². The Morgan fingerprint density at radius 2 is 2.03 bits per heavy atom. The van der Waals surface area contributed by atoms with Gasteiger partial charge in [0, 0.05) is 38.5 Å². The van der Waals surface area contributed by atoms with Gasteiger partial charge in [0.25, 0.3) is 5.91 Å². The summed E-state index contributed by atoms with van der Waals surface area (Å²) >= 11 is 0. The van der Waals surface area contributed by atoms with E-state index in [0.717, 1.165) is 31.7 Å². The Balaban J connectivity index is 0.000000176. The molecule has 1 saturated carbocycles. The number of amides is 1. The summed E-state index contributed by atoms with van der Waals surface area (Å²) in [5, 5.41) is 7.20. The number of benzene rings is 1. The van der Waals surface area contributed by atoms with Crippen LogP contribution in [0, 0.1) is 5.82 Å². The van der Waals surface area contributed by atoms with Gasteiger partial charge in [0.15, 0.2) is 5.65 Å². The molecule has 32 heavy (non-hydrogen) atoms. The summed E-state index contributed by atoms with van der Waals surface area (Å²) in [5.74, 6) is 1.13. The maximum Gasteiger partial charge on any atom is 0.256 e. The molecule has 1 saturated heterocycles. The van der Waals surface area contributed by atoms with Crippen LogP contribution < -0.4 is 15.0 Å². The van der Waals surface area contributed by atoms with Crippen LogP contribution in [0.1, 0.15) is 36.0 Å². The third-order valence-corrected chi connectivity index (χ3v) is 5.29. The molecular weight excluding hydrogens is 413 g/mol. The summed E-state index contributed by atoms with van der Waals surface area (Å²) in [6.07, 6.45) is 8.06. The van der Waals surface area contributed by atoms with E-state index in [2.05, 4.69) is 20.3 Å². The van der Waals surface area contributed by atoms with Crippen molar-refractivity contribution in [3.05, 3.63) is 54.1 Å². The molecule has 1 aromatic carbocycles. The standard InChI is InChI=1S/C14H17N5O.C9H11FO2/c20-14(16-10-3-4-10)11-9-15-19-8-5-12(17-13(11)19)18-6-1-2-7-18;1-11-5-6-12-9-4-2-3-8(10)7-9/h5,8-10H,1-4,6-7H2,(H,16,20);2-4,7H,5-6H2,1H3. The van der Waals surface area contributed by atoms with E-state index in [0.29, 0.717) is 36.2 Å². The number of hydrogen-bond donors (Lipinski definition) is 1. The molecule has 0 bridgehead atoms. The molecule has 3 heterocycles. The second-order valence-corrected chi connectivity index (χ2v) is 7.85. The van der Waals surface area contributed by atoms with Gasteiger partial charge in [0.1, 0.15) is 29.6 Å². The molecule has 2 aromatic heterocycles. The SMILES string of the molecule is COCCOc1cccc(F)c1.O=C(NC1CC1)c1cnn2ccc(N3CCCC3)nc12.